The SMILES string of the molecule is CCCC1CN=C(NCc2sccc2Br)S1. The molecule has 0 saturated carbocycles. The summed E-state index contributed by atoms with van der Waals surface area (Å²) in [6.45, 7) is 4.09. The van der Waals surface area contributed by atoms with Crippen LogP contribution in [0.3, 0.4) is 0 Å². The lowest BCUT2D eigenvalue weighted by Crippen LogP contribution is -2.18. The fourth-order valence-electron chi connectivity index (χ4n) is 1.59. The van der Waals surface area contributed by atoms with E-state index in [4.69, 9.17) is 0 Å². The standard InChI is InChI=1S/C11H15BrN2S2/c1-2-3-8-6-13-11(16-8)14-7-10-9(12)4-5-15-10/h4-5,8H,2-3,6-7H2,1H3,(H,13,14). The van der Waals surface area contributed by atoms with Gasteiger partial charge in [0, 0.05) is 14.6 Å². The van der Waals surface area contributed by atoms with Crippen LogP contribution in [0.25, 0.3) is 0 Å². The monoisotopic (exact) mass is 318 g/mol. The topological polar surface area (TPSA) is 24.4 Å². The molecule has 1 aliphatic heterocycles. The Kier molecular flexibility index (Phi) is 4.73. The van der Waals surface area contributed by atoms with E-state index in [9.17, 15) is 0 Å². The van der Waals surface area contributed by atoms with Crippen LogP contribution >= 0.6 is 39.0 Å². The number of hydrogen-bond acceptors (Lipinski definition) is 4. The van der Waals surface area contributed by atoms with Crippen LogP contribution in [-0.4, -0.2) is 17.0 Å². The first-order valence-corrected chi connectivity index (χ1v) is 8.01. The van der Waals surface area contributed by atoms with E-state index in [0.717, 1.165) is 18.3 Å². The van der Waals surface area contributed by atoms with Crippen molar-refractivity contribution in [3.8, 4) is 0 Å². The highest BCUT2D eigenvalue weighted by molar-refractivity contribution is 9.10. The minimum Gasteiger partial charge on any atom is -0.360 e. The van der Waals surface area contributed by atoms with Gasteiger partial charge in [-0.2, -0.15) is 0 Å². The summed E-state index contributed by atoms with van der Waals surface area (Å²) in [5.74, 6) is 0. The van der Waals surface area contributed by atoms with E-state index in [1.807, 2.05) is 11.8 Å². The molecule has 2 nitrogen and oxygen atoms in total. The number of nitrogens with zero attached hydrogens (tertiary/aromatic N) is 1. The quantitative estimate of drug-likeness (QED) is 0.911. The van der Waals surface area contributed by atoms with Crippen LogP contribution in [0, 0.1) is 0 Å². The molecule has 88 valence electrons. The van der Waals surface area contributed by atoms with E-state index in [1.54, 1.807) is 11.3 Å². The Bertz CT molecular complexity index is 376. The van der Waals surface area contributed by atoms with Crippen molar-refractivity contribution in [2.24, 2.45) is 4.99 Å². The lowest BCUT2D eigenvalue weighted by atomic mass is 10.2. The number of hydrogen-bond donors (Lipinski definition) is 1. The first-order chi connectivity index (χ1) is 7.79. The molecule has 1 aromatic heterocycles. The van der Waals surface area contributed by atoms with Crippen LogP contribution in [-0.2, 0) is 6.54 Å². The molecule has 1 atom stereocenters. The lowest BCUT2D eigenvalue weighted by Gasteiger charge is -2.07. The summed E-state index contributed by atoms with van der Waals surface area (Å²) in [5, 5.41) is 7.31. The Morgan fingerprint density at radius 2 is 2.50 bits per heavy atom. The minimum atomic E-state index is 0.694. The molecular weight excluding hydrogens is 304 g/mol. The van der Waals surface area contributed by atoms with Gasteiger partial charge in [0.25, 0.3) is 0 Å². The zero-order valence-corrected chi connectivity index (χ0v) is 12.4. The first kappa shape index (κ1) is 12.5. The third kappa shape index (κ3) is 3.25. The van der Waals surface area contributed by atoms with Crippen LogP contribution in [0.1, 0.15) is 24.6 Å². The van der Waals surface area contributed by atoms with E-state index >= 15 is 0 Å². The Labute approximate surface area is 113 Å². The second kappa shape index (κ2) is 6.07. The molecule has 1 unspecified atom stereocenters. The van der Waals surface area contributed by atoms with Crippen LogP contribution in [0.15, 0.2) is 20.9 Å². The molecule has 0 aromatic carbocycles. The van der Waals surface area contributed by atoms with Crippen molar-refractivity contribution in [3.63, 3.8) is 0 Å². The van der Waals surface area contributed by atoms with Crippen molar-refractivity contribution in [2.45, 2.75) is 31.6 Å². The molecule has 16 heavy (non-hydrogen) atoms. The molecular formula is C11H15BrN2S2. The van der Waals surface area contributed by atoms with Crippen LogP contribution < -0.4 is 5.32 Å². The molecule has 0 fully saturated rings. The maximum Gasteiger partial charge on any atom is 0.157 e. The Balaban J connectivity index is 1.78. The van der Waals surface area contributed by atoms with Crippen molar-refractivity contribution in [2.75, 3.05) is 6.54 Å². The van der Waals surface area contributed by atoms with Gasteiger partial charge in [-0.05, 0) is 33.8 Å². The van der Waals surface area contributed by atoms with E-state index in [-0.39, 0.29) is 0 Å². The van der Waals surface area contributed by atoms with Gasteiger partial charge in [0.05, 0.1) is 13.1 Å². The van der Waals surface area contributed by atoms with Gasteiger partial charge in [-0.1, -0.05) is 25.1 Å². The molecule has 1 N–H and O–H groups in total. The fourth-order valence-corrected chi connectivity index (χ4v) is 4.15. The average molecular weight is 319 g/mol. The number of nitrogens with one attached hydrogen (secondary N) is 1. The smallest absolute Gasteiger partial charge is 0.157 e. The van der Waals surface area contributed by atoms with Crippen LogP contribution in [0.4, 0.5) is 0 Å². The number of thioether (sulfide) groups is 1. The summed E-state index contributed by atoms with van der Waals surface area (Å²) in [6, 6.07) is 2.09. The molecule has 2 heterocycles. The number of halogens is 1. The predicted octanol–water partition coefficient (Wildman–Crippen LogP) is 3.87. The number of aliphatic imine (C=N–C) groups is 1. The summed E-state index contributed by atoms with van der Waals surface area (Å²) in [7, 11) is 0. The van der Waals surface area contributed by atoms with E-state index in [1.165, 1.54) is 22.2 Å². The molecule has 5 heteroatoms. The molecule has 0 amide bonds. The first-order valence-electron chi connectivity index (χ1n) is 5.46. The van der Waals surface area contributed by atoms with Crippen molar-refractivity contribution in [1.82, 2.24) is 5.32 Å². The van der Waals surface area contributed by atoms with Gasteiger partial charge in [0.15, 0.2) is 5.17 Å². The molecule has 1 aliphatic rings. The van der Waals surface area contributed by atoms with E-state index < -0.39 is 0 Å². The van der Waals surface area contributed by atoms with Gasteiger partial charge in [-0.15, -0.1) is 11.3 Å². The summed E-state index contributed by atoms with van der Waals surface area (Å²) in [5.41, 5.74) is 0. The highest BCUT2D eigenvalue weighted by Crippen LogP contribution is 2.25. The van der Waals surface area contributed by atoms with Gasteiger partial charge >= 0.3 is 0 Å². The van der Waals surface area contributed by atoms with Crippen molar-refractivity contribution in [1.29, 1.82) is 0 Å². The second-order valence-electron chi connectivity index (χ2n) is 3.72. The highest BCUT2D eigenvalue weighted by Gasteiger charge is 2.18. The molecule has 0 spiro atoms. The third-order valence-electron chi connectivity index (χ3n) is 2.42. The summed E-state index contributed by atoms with van der Waals surface area (Å²) in [4.78, 5) is 5.86. The third-order valence-corrected chi connectivity index (χ3v) is 5.56. The average Bonchev–Trinajstić information content (AvgIpc) is 2.86. The van der Waals surface area contributed by atoms with Crippen molar-refractivity contribution in [3.05, 3.63) is 20.8 Å². The number of amidine groups is 1. The fraction of sp³-hybridized carbons (Fsp3) is 0.545. The molecule has 0 bridgehead atoms. The molecule has 1 aromatic rings. The van der Waals surface area contributed by atoms with Gasteiger partial charge in [-0.25, -0.2) is 0 Å². The van der Waals surface area contributed by atoms with Crippen molar-refractivity contribution < 1.29 is 0 Å². The van der Waals surface area contributed by atoms with Gasteiger partial charge in [0.2, 0.25) is 0 Å². The van der Waals surface area contributed by atoms with Gasteiger partial charge < -0.3 is 5.32 Å². The second-order valence-corrected chi connectivity index (χ2v) is 6.86. The van der Waals surface area contributed by atoms with Gasteiger partial charge in [-0.3, -0.25) is 4.99 Å². The number of thiophene rings is 1. The van der Waals surface area contributed by atoms with Crippen molar-refractivity contribution >= 4 is 44.2 Å². The van der Waals surface area contributed by atoms with E-state index in [0.29, 0.717) is 5.25 Å². The number of rotatable bonds is 4. The Morgan fingerprint density at radius 1 is 1.62 bits per heavy atom. The predicted molar refractivity (Wildman–Crippen MR) is 77.4 cm³/mol. The largest absolute Gasteiger partial charge is 0.360 e. The molecule has 2 rings (SSSR count). The minimum absolute atomic E-state index is 0.694. The summed E-state index contributed by atoms with van der Waals surface area (Å²) < 4.78 is 1.19. The zero-order chi connectivity index (χ0) is 11.4. The lowest BCUT2D eigenvalue weighted by molar-refractivity contribution is 0.754. The van der Waals surface area contributed by atoms with Crippen LogP contribution in [0.5, 0.6) is 0 Å². The normalized spacial score (nSPS) is 19.9. The molecule has 0 aliphatic carbocycles. The zero-order valence-electron chi connectivity index (χ0n) is 9.20. The maximum atomic E-state index is 4.52. The van der Waals surface area contributed by atoms with Crippen LogP contribution in [0.2, 0.25) is 0 Å². The van der Waals surface area contributed by atoms with E-state index in [2.05, 4.69) is 44.6 Å². The Morgan fingerprint density at radius 3 is 3.19 bits per heavy atom. The maximum absolute atomic E-state index is 4.52. The van der Waals surface area contributed by atoms with Gasteiger partial charge in [0.1, 0.15) is 0 Å². The highest BCUT2D eigenvalue weighted by atomic mass is 79.9. The molecule has 0 saturated heterocycles. The molecule has 0 radical (unpaired) electrons. The Hall–Kier alpha value is -0.000000000000000111. The summed E-state index contributed by atoms with van der Waals surface area (Å²) >= 11 is 7.20. The summed E-state index contributed by atoms with van der Waals surface area (Å²) in [6.07, 6.45) is 2.51.